The van der Waals surface area contributed by atoms with E-state index < -0.39 is 0 Å². The van der Waals surface area contributed by atoms with E-state index in [1.807, 2.05) is 31.2 Å². The minimum atomic E-state index is 0.654. The van der Waals surface area contributed by atoms with Gasteiger partial charge in [-0.1, -0.05) is 22.0 Å². The molecule has 2 aromatic rings. The Bertz CT molecular complexity index is 614. The number of benzene rings is 2. The van der Waals surface area contributed by atoms with Gasteiger partial charge in [0.1, 0.15) is 11.5 Å². The molecule has 0 radical (unpaired) electrons. The van der Waals surface area contributed by atoms with Crippen LogP contribution in [0.2, 0.25) is 0 Å². The van der Waals surface area contributed by atoms with Crippen LogP contribution in [-0.4, -0.2) is 13.7 Å². The van der Waals surface area contributed by atoms with Crippen LogP contribution in [0.1, 0.15) is 18.1 Å². The van der Waals surface area contributed by atoms with Gasteiger partial charge >= 0.3 is 0 Å². The Hall–Kier alpha value is -1.68. The maximum atomic E-state index is 5.68. The molecule has 0 unspecified atom stereocenters. The molecule has 3 nitrogen and oxygen atoms in total. The first-order chi connectivity index (χ1) is 10.1. The number of hydrogen-bond donors (Lipinski definition) is 1. The third-order valence-corrected chi connectivity index (χ3v) is 3.93. The van der Waals surface area contributed by atoms with Gasteiger partial charge in [-0.05, 0) is 55.3 Å². The molecule has 0 aliphatic heterocycles. The second-order valence-electron chi connectivity index (χ2n) is 4.74. The van der Waals surface area contributed by atoms with Crippen molar-refractivity contribution in [3.63, 3.8) is 0 Å². The van der Waals surface area contributed by atoms with Crippen molar-refractivity contribution in [3.05, 3.63) is 52.0 Å². The van der Waals surface area contributed by atoms with Gasteiger partial charge in [-0.25, -0.2) is 0 Å². The molecule has 0 spiro atoms. The zero-order valence-electron chi connectivity index (χ0n) is 12.6. The minimum absolute atomic E-state index is 0.654. The topological polar surface area (TPSA) is 30.5 Å². The summed E-state index contributed by atoms with van der Waals surface area (Å²) in [6.45, 7) is 5.40. The fourth-order valence-corrected chi connectivity index (χ4v) is 2.44. The number of anilines is 1. The van der Waals surface area contributed by atoms with E-state index in [4.69, 9.17) is 9.47 Å². The fraction of sp³-hybridized carbons (Fsp3) is 0.294. The predicted octanol–water partition coefficient (Wildman–Crippen LogP) is 4.78. The summed E-state index contributed by atoms with van der Waals surface area (Å²) in [5.41, 5.74) is 3.32. The summed E-state index contributed by atoms with van der Waals surface area (Å²) in [4.78, 5) is 0. The van der Waals surface area contributed by atoms with Crippen molar-refractivity contribution in [2.24, 2.45) is 0 Å². The molecule has 0 bridgehead atoms. The highest BCUT2D eigenvalue weighted by Gasteiger charge is 2.06. The van der Waals surface area contributed by atoms with Gasteiger partial charge in [-0.2, -0.15) is 0 Å². The number of hydrogen-bond acceptors (Lipinski definition) is 3. The zero-order chi connectivity index (χ0) is 15.2. The Kier molecular flexibility index (Phi) is 5.51. The molecule has 4 heteroatoms. The highest BCUT2D eigenvalue weighted by molar-refractivity contribution is 9.10. The second kappa shape index (κ2) is 7.36. The molecule has 0 fully saturated rings. The first kappa shape index (κ1) is 15.7. The van der Waals surface area contributed by atoms with Crippen LogP contribution in [0.4, 0.5) is 5.69 Å². The summed E-state index contributed by atoms with van der Waals surface area (Å²) in [5, 5.41) is 3.42. The van der Waals surface area contributed by atoms with Gasteiger partial charge < -0.3 is 14.8 Å². The summed E-state index contributed by atoms with van der Waals surface area (Å²) < 4.78 is 12.0. The Morgan fingerprint density at radius 2 is 1.95 bits per heavy atom. The fourth-order valence-electron chi connectivity index (χ4n) is 2.05. The number of halogens is 1. The van der Waals surface area contributed by atoms with Gasteiger partial charge in [0.05, 0.1) is 19.4 Å². The first-order valence-electron chi connectivity index (χ1n) is 6.93. The molecule has 112 valence electrons. The van der Waals surface area contributed by atoms with E-state index in [-0.39, 0.29) is 0 Å². The maximum Gasteiger partial charge on any atom is 0.142 e. The smallest absolute Gasteiger partial charge is 0.142 e. The lowest BCUT2D eigenvalue weighted by atomic mass is 10.2. The molecular weight excluding hydrogens is 330 g/mol. The van der Waals surface area contributed by atoms with Crippen molar-refractivity contribution in [3.8, 4) is 11.5 Å². The number of rotatable bonds is 6. The average Bonchev–Trinajstić information content (AvgIpc) is 2.48. The third kappa shape index (κ3) is 4.14. The quantitative estimate of drug-likeness (QED) is 0.814. The summed E-state index contributed by atoms with van der Waals surface area (Å²) >= 11 is 3.57. The Balaban J connectivity index is 2.16. The van der Waals surface area contributed by atoms with Crippen LogP contribution in [0, 0.1) is 6.92 Å². The number of nitrogens with one attached hydrogen (secondary N) is 1. The van der Waals surface area contributed by atoms with Gasteiger partial charge in [0.2, 0.25) is 0 Å². The minimum Gasteiger partial charge on any atom is -0.497 e. The molecule has 0 heterocycles. The van der Waals surface area contributed by atoms with Crippen LogP contribution in [0.15, 0.2) is 40.9 Å². The SMILES string of the molecule is CCOc1cc(C)ccc1NCc1cc(OC)ccc1Br. The zero-order valence-corrected chi connectivity index (χ0v) is 14.2. The van der Waals surface area contributed by atoms with Crippen molar-refractivity contribution < 1.29 is 9.47 Å². The van der Waals surface area contributed by atoms with Crippen LogP contribution in [0.25, 0.3) is 0 Å². The molecule has 0 aromatic heterocycles. The first-order valence-corrected chi connectivity index (χ1v) is 7.73. The summed E-state index contributed by atoms with van der Waals surface area (Å²) in [6.07, 6.45) is 0. The van der Waals surface area contributed by atoms with E-state index in [0.717, 1.165) is 27.2 Å². The van der Waals surface area contributed by atoms with Gasteiger partial charge in [0.15, 0.2) is 0 Å². The Labute approximate surface area is 134 Å². The summed E-state index contributed by atoms with van der Waals surface area (Å²) in [5.74, 6) is 1.74. The van der Waals surface area contributed by atoms with Gasteiger partial charge in [-0.3, -0.25) is 0 Å². The molecule has 21 heavy (non-hydrogen) atoms. The molecular formula is C17H20BrNO2. The van der Waals surface area contributed by atoms with Crippen molar-refractivity contribution >= 4 is 21.6 Å². The Morgan fingerprint density at radius 1 is 1.14 bits per heavy atom. The van der Waals surface area contributed by atoms with Crippen molar-refractivity contribution in [2.45, 2.75) is 20.4 Å². The van der Waals surface area contributed by atoms with Gasteiger partial charge in [0, 0.05) is 11.0 Å². The van der Waals surface area contributed by atoms with Gasteiger partial charge in [-0.15, -0.1) is 0 Å². The highest BCUT2D eigenvalue weighted by atomic mass is 79.9. The normalized spacial score (nSPS) is 10.3. The lowest BCUT2D eigenvalue weighted by molar-refractivity contribution is 0.341. The second-order valence-corrected chi connectivity index (χ2v) is 5.60. The lowest BCUT2D eigenvalue weighted by Gasteiger charge is -2.14. The van der Waals surface area contributed by atoms with Crippen LogP contribution >= 0.6 is 15.9 Å². The molecule has 0 atom stereocenters. The maximum absolute atomic E-state index is 5.68. The molecule has 0 aliphatic carbocycles. The van der Waals surface area contributed by atoms with E-state index in [1.54, 1.807) is 7.11 Å². The van der Waals surface area contributed by atoms with Crippen LogP contribution in [0.3, 0.4) is 0 Å². The number of aryl methyl sites for hydroxylation is 1. The van der Waals surface area contributed by atoms with E-state index >= 15 is 0 Å². The lowest BCUT2D eigenvalue weighted by Crippen LogP contribution is -2.04. The van der Waals surface area contributed by atoms with Crippen LogP contribution in [0.5, 0.6) is 11.5 Å². The van der Waals surface area contributed by atoms with Crippen molar-refractivity contribution in [1.82, 2.24) is 0 Å². The molecule has 0 amide bonds. The molecule has 2 rings (SSSR count). The summed E-state index contributed by atoms with van der Waals surface area (Å²) in [6, 6.07) is 12.1. The predicted molar refractivity (Wildman–Crippen MR) is 90.4 cm³/mol. The van der Waals surface area contributed by atoms with E-state index in [0.29, 0.717) is 13.2 Å². The van der Waals surface area contributed by atoms with E-state index in [9.17, 15) is 0 Å². The summed E-state index contributed by atoms with van der Waals surface area (Å²) in [7, 11) is 1.67. The van der Waals surface area contributed by atoms with Gasteiger partial charge in [0.25, 0.3) is 0 Å². The largest absolute Gasteiger partial charge is 0.497 e. The van der Waals surface area contributed by atoms with Crippen LogP contribution in [-0.2, 0) is 6.54 Å². The molecule has 0 saturated carbocycles. The van der Waals surface area contributed by atoms with Crippen molar-refractivity contribution in [2.75, 3.05) is 19.0 Å². The highest BCUT2D eigenvalue weighted by Crippen LogP contribution is 2.28. The van der Waals surface area contributed by atoms with Crippen molar-refractivity contribution in [1.29, 1.82) is 0 Å². The molecule has 0 saturated heterocycles. The third-order valence-electron chi connectivity index (χ3n) is 3.16. The van der Waals surface area contributed by atoms with E-state index in [2.05, 4.69) is 40.3 Å². The average molecular weight is 350 g/mol. The Morgan fingerprint density at radius 3 is 2.67 bits per heavy atom. The number of methoxy groups -OCH3 is 1. The molecule has 2 aromatic carbocycles. The molecule has 1 N–H and O–H groups in total. The monoisotopic (exact) mass is 349 g/mol. The molecule has 0 aliphatic rings. The van der Waals surface area contributed by atoms with E-state index in [1.165, 1.54) is 5.56 Å². The number of ether oxygens (including phenoxy) is 2. The standard InChI is InChI=1S/C17H20BrNO2/c1-4-21-17-9-12(2)5-8-16(17)19-11-13-10-14(20-3)6-7-15(13)18/h5-10,19H,4,11H2,1-3H3. The van der Waals surface area contributed by atoms with Crippen LogP contribution < -0.4 is 14.8 Å².